The Bertz CT molecular complexity index is 845. The molecule has 0 saturated carbocycles. The molecule has 0 saturated heterocycles. The van der Waals surface area contributed by atoms with Crippen LogP contribution in [0.5, 0.6) is 0 Å². The third kappa shape index (κ3) is 4.39. The molecule has 1 amide bonds. The highest BCUT2D eigenvalue weighted by molar-refractivity contribution is 7.92. The van der Waals surface area contributed by atoms with Crippen molar-refractivity contribution in [2.75, 3.05) is 11.4 Å². The van der Waals surface area contributed by atoms with Crippen LogP contribution in [0, 0.1) is 6.92 Å². The number of rotatable bonds is 6. The summed E-state index contributed by atoms with van der Waals surface area (Å²) >= 11 is 0. The largest absolute Gasteiger partial charge is 0.350 e. The Morgan fingerprint density at radius 3 is 2.40 bits per heavy atom. The first-order valence-corrected chi connectivity index (χ1v) is 9.66. The highest BCUT2D eigenvalue weighted by Crippen LogP contribution is 2.23. The van der Waals surface area contributed by atoms with Crippen molar-refractivity contribution in [3.63, 3.8) is 0 Å². The molecule has 6 heteroatoms. The van der Waals surface area contributed by atoms with Gasteiger partial charge in [0.25, 0.3) is 15.9 Å². The Hall–Kier alpha value is -2.34. The second kappa shape index (κ2) is 7.70. The normalized spacial score (nSPS) is 12.5. The predicted molar refractivity (Wildman–Crippen MR) is 100 cm³/mol. The third-order valence-electron chi connectivity index (χ3n) is 4.14. The summed E-state index contributed by atoms with van der Waals surface area (Å²) in [7, 11) is -2.19. The molecule has 134 valence electrons. The molecule has 1 atom stereocenters. The number of hydrogen-bond donors (Lipinski definition) is 1. The number of benzene rings is 2. The maximum absolute atomic E-state index is 12.8. The van der Waals surface area contributed by atoms with Gasteiger partial charge in [-0.05, 0) is 50.6 Å². The molecule has 0 fully saturated rings. The van der Waals surface area contributed by atoms with Crippen LogP contribution in [0.3, 0.4) is 0 Å². The van der Waals surface area contributed by atoms with Gasteiger partial charge in [-0.2, -0.15) is 0 Å². The lowest BCUT2D eigenvalue weighted by atomic mass is 10.1. The number of hydrogen-bond acceptors (Lipinski definition) is 3. The highest BCUT2D eigenvalue weighted by atomic mass is 32.2. The molecule has 25 heavy (non-hydrogen) atoms. The average molecular weight is 360 g/mol. The van der Waals surface area contributed by atoms with Crippen LogP contribution in [-0.2, 0) is 10.0 Å². The quantitative estimate of drug-likeness (QED) is 0.859. The van der Waals surface area contributed by atoms with Crippen molar-refractivity contribution >= 4 is 21.6 Å². The van der Waals surface area contributed by atoms with Crippen LogP contribution < -0.4 is 9.62 Å². The first-order valence-electron chi connectivity index (χ1n) is 8.22. The molecule has 0 aliphatic heterocycles. The summed E-state index contributed by atoms with van der Waals surface area (Å²) < 4.78 is 26.7. The van der Waals surface area contributed by atoms with Crippen LogP contribution in [0.2, 0.25) is 0 Å². The highest BCUT2D eigenvalue weighted by Gasteiger charge is 2.22. The minimum Gasteiger partial charge on any atom is -0.350 e. The van der Waals surface area contributed by atoms with Crippen molar-refractivity contribution in [2.24, 2.45) is 0 Å². The van der Waals surface area contributed by atoms with Crippen molar-refractivity contribution < 1.29 is 13.2 Å². The molecule has 0 aliphatic rings. The van der Waals surface area contributed by atoms with Crippen molar-refractivity contribution in [2.45, 2.75) is 38.1 Å². The zero-order chi connectivity index (χ0) is 18.6. The number of nitrogens with zero attached hydrogens (tertiary/aromatic N) is 1. The molecular weight excluding hydrogens is 336 g/mol. The number of carbonyl (C=O) groups is 1. The fourth-order valence-corrected chi connectivity index (χ4v) is 3.45. The smallest absolute Gasteiger partial charge is 0.264 e. The Kier molecular flexibility index (Phi) is 5.85. The van der Waals surface area contributed by atoms with Gasteiger partial charge in [0.1, 0.15) is 0 Å². The summed E-state index contributed by atoms with van der Waals surface area (Å²) in [6.45, 7) is 5.82. The molecule has 0 spiro atoms. The van der Waals surface area contributed by atoms with Crippen molar-refractivity contribution in [3.05, 3.63) is 59.7 Å². The first kappa shape index (κ1) is 19.0. The van der Waals surface area contributed by atoms with Gasteiger partial charge in [-0.3, -0.25) is 9.10 Å². The molecule has 0 heterocycles. The van der Waals surface area contributed by atoms with Crippen molar-refractivity contribution in [3.8, 4) is 0 Å². The fraction of sp³-hybridized carbons (Fsp3) is 0.316. The molecule has 2 rings (SSSR count). The molecule has 0 radical (unpaired) electrons. The van der Waals surface area contributed by atoms with Gasteiger partial charge < -0.3 is 5.32 Å². The molecule has 1 N–H and O–H groups in total. The minimum atomic E-state index is -3.68. The summed E-state index contributed by atoms with van der Waals surface area (Å²) in [5.41, 5.74) is 1.87. The summed E-state index contributed by atoms with van der Waals surface area (Å²) in [5.74, 6) is -0.211. The van der Waals surface area contributed by atoms with E-state index in [2.05, 4.69) is 5.32 Å². The van der Waals surface area contributed by atoms with E-state index in [-0.39, 0.29) is 16.8 Å². The number of carbonyl (C=O) groups excluding carboxylic acids is 1. The summed E-state index contributed by atoms with van der Waals surface area (Å²) in [5, 5.41) is 2.88. The number of nitrogens with one attached hydrogen (secondary N) is 1. The van der Waals surface area contributed by atoms with Crippen LogP contribution in [0.15, 0.2) is 53.4 Å². The van der Waals surface area contributed by atoms with E-state index in [1.807, 2.05) is 20.8 Å². The second-order valence-electron chi connectivity index (χ2n) is 6.12. The molecule has 5 nitrogen and oxygen atoms in total. The molecule has 0 unspecified atom stereocenters. The topological polar surface area (TPSA) is 66.5 Å². The molecule has 0 bridgehead atoms. The Morgan fingerprint density at radius 2 is 1.80 bits per heavy atom. The van der Waals surface area contributed by atoms with Gasteiger partial charge in [-0.1, -0.05) is 30.7 Å². The lowest BCUT2D eigenvalue weighted by Crippen LogP contribution is -2.32. The lowest BCUT2D eigenvalue weighted by Gasteiger charge is -2.20. The van der Waals surface area contributed by atoms with E-state index in [4.69, 9.17) is 0 Å². The van der Waals surface area contributed by atoms with Crippen LogP contribution in [0.1, 0.15) is 36.2 Å². The van der Waals surface area contributed by atoms with Gasteiger partial charge in [0.05, 0.1) is 10.6 Å². The van der Waals surface area contributed by atoms with E-state index >= 15 is 0 Å². The molecule has 0 aliphatic carbocycles. The van der Waals surface area contributed by atoms with Gasteiger partial charge in [0.2, 0.25) is 0 Å². The monoisotopic (exact) mass is 360 g/mol. The molecule has 2 aromatic carbocycles. The van der Waals surface area contributed by atoms with Crippen LogP contribution >= 0.6 is 0 Å². The van der Waals surface area contributed by atoms with E-state index in [9.17, 15) is 13.2 Å². The van der Waals surface area contributed by atoms with E-state index in [1.165, 1.54) is 11.4 Å². The van der Waals surface area contributed by atoms with Gasteiger partial charge >= 0.3 is 0 Å². The fourth-order valence-electron chi connectivity index (χ4n) is 2.26. The van der Waals surface area contributed by atoms with Crippen LogP contribution in [0.25, 0.3) is 0 Å². The number of amides is 1. The number of aryl methyl sites for hydroxylation is 1. The summed E-state index contributed by atoms with van der Waals surface area (Å²) in [6, 6.07) is 13.4. The lowest BCUT2D eigenvalue weighted by molar-refractivity contribution is 0.0939. The molecule has 0 aromatic heterocycles. The standard InChI is InChI=1S/C19H24N2O3S/c1-5-15(3)20-19(22)16-7-6-8-17(13-16)21(4)25(23,24)18-11-9-14(2)10-12-18/h6-13,15H,5H2,1-4H3,(H,20,22)/t15-/m0/s1. The Labute approximate surface area is 149 Å². The Morgan fingerprint density at radius 1 is 1.16 bits per heavy atom. The minimum absolute atomic E-state index is 0.0603. The SMILES string of the molecule is CC[C@H](C)NC(=O)c1cccc(N(C)S(=O)(=O)c2ccc(C)cc2)c1. The van der Waals surface area contributed by atoms with E-state index in [0.29, 0.717) is 11.3 Å². The summed E-state index contributed by atoms with van der Waals surface area (Å²) in [4.78, 5) is 12.5. The van der Waals surface area contributed by atoms with Gasteiger partial charge in [0.15, 0.2) is 0 Å². The van der Waals surface area contributed by atoms with Gasteiger partial charge in [-0.25, -0.2) is 8.42 Å². The van der Waals surface area contributed by atoms with Crippen molar-refractivity contribution in [1.82, 2.24) is 5.32 Å². The molecular formula is C19H24N2O3S. The number of sulfonamides is 1. The predicted octanol–water partition coefficient (Wildman–Crippen LogP) is 3.35. The van der Waals surface area contributed by atoms with Gasteiger partial charge in [-0.15, -0.1) is 0 Å². The van der Waals surface area contributed by atoms with E-state index in [1.54, 1.807) is 48.5 Å². The van der Waals surface area contributed by atoms with E-state index in [0.717, 1.165) is 12.0 Å². The zero-order valence-electron chi connectivity index (χ0n) is 15.0. The maximum Gasteiger partial charge on any atom is 0.264 e. The maximum atomic E-state index is 12.8. The van der Waals surface area contributed by atoms with E-state index < -0.39 is 10.0 Å². The zero-order valence-corrected chi connectivity index (χ0v) is 15.8. The van der Waals surface area contributed by atoms with Crippen LogP contribution in [0.4, 0.5) is 5.69 Å². The van der Waals surface area contributed by atoms with Crippen LogP contribution in [-0.4, -0.2) is 27.4 Å². The summed E-state index contributed by atoms with van der Waals surface area (Å²) in [6.07, 6.45) is 0.827. The number of anilines is 1. The second-order valence-corrected chi connectivity index (χ2v) is 8.09. The molecule has 2 aromatic rings. The van der Waals surface area contributed by atoms with Gasteiger partial charge in [0, 0.05) is 18.7 Å². The average Bonchev–Trinajstić information content (AvgIpc) is 2.61. The Balaban J connectivity index is 2.30. The van der Waals surface area contributed by atoms with Crippen molar-refractivity contribution in [1.29, 1.82) is 0 Å². The third-order valence-corrected chi connectivity index (χ3v) is 5.94. The first-order chi connectivity index (χ1) is 11.8.